The van der Waals surface area contributed by atoms with Crippen LogP contribution in [0.15, 0.2) is 0 Å². The van der Waals surface area contributed by atoms with Gasteiger partial charge in [-0.05, 0) is 77.0 Å². The molecule has 4 aliphatic rings. The topological polar surface area (TPSA) is 667 Å². The van der Waals surface area contributed by atoms with Crippen molar-refractivity contribution in [3.63, 3.8) is 0 Å². The normalized spacial score (nSPS) is 32.0. The summed E-state index contributed by atoms with van der Waals surface area (Å²) in [5, 5.41) is 189. The molecule has 0 heterocycles. The number of nitrogens with one attached hydrogen (secondary N) is 10. The van der Waals surface area contributed by atoms with Gasteiger partial charge in [-0.25, -0.2) is 0 Å². The number of rotatable bonds is 37. The number of amides is 10. The Labute approximate surface area is 546 Å². The van der Waals surface area contributed by atoms with Crippen molar-refractivity contribution in [2.45, 2.75) is 255 Å². The number of primary amides is 1. The van der Waals surface area contributed by atoms with E-state index in [4.69, 9.17) is 11.6 Å². The predicted molar refractivity (Wildman–Crippen MR) is 323 cm³/mol. The van der Waals surface area contributed by atoms with E-state index < -0.39 is 230 Å². The van der Waals surface area contributed by atoms with E-state index in [0.717, 1.165) is 0 Å². The number of hydrogen-bond acceptors (Lipinski definition) is 28. The van der Waals surface area contributed by atoms with Crippen LogP contribution in [0.2, 0.25) is 0 Å². The maximum atomic E-state index is 14.6. The highest BCUT2D eigenvalue weighted by Gasteiger charge is 2.52. The average Bonchev–Trinajstić information content (AvgIpc) is 0.821. The van der Waals surface area contributed by atoms with Crippen LogP contribution in [-0.4, -0.2) is 300 Å². The standard InChI is InChI=1S/C57H100N12O26/c58-40(78)13-18-62-46(84)28(9-1-5-14-60-41(79)27-65-59)66-48(86)30(67-49(87)31(69-53(91)57(95)25-38(76)45(83)39(77)26-57)12-4-8-17-64-51(89)55(93)21-34(72)43(81)35(73)22-55)11-2-6-15-61-47(85)29(68-52(90)56(94)23-36(74)44(82)37(75)24-56)10-3-7-16-63-50(88)54(92)19-32(70)42(80)33(71)20-54/h28-39,42-45,65,70-77,80-83,92-95H,1-27,59H2,(H2,58,78)(H,60,79)(H,61,85)(H,62,84)(H,63,88)(H,64,89)(H,66,86)(H,67,87)(H,68,90)(H,69,91)/t28-,29-,30-,31-,32+,33+,34+,35+,36+,37+,38+,39+,42?,43?,44?,45?,54?,55?,56?,57?/m0/s1. The molecule has 0 aromatic rings. The highest BCUT2D eigenvalue weighted by atomic mass is 16.4. The van der Waals surface area contributed by atoms with Crippen LogP contribution in [0.3, 0.4) is 0 Å². The summed E-state index contributed by atoms with van der Waals surface area (Å²) in [6, 6.07) is -6.19. The van der Waals surface area contributed by atoms with Crippen LogP contribution in [0.4, 0.5) is 0 Å². The van der Waals surface area contributed by atoms with E-state index in [-0.39, 0.29) is 123 Å². The van der Waals surface area contributed by atoms with Gasteiger partial charge in [-0.1, -0.05) is 0 Å². The van der Waals surface area contributed by atoms with Crippen LogP contribution in [0.25, 0.3) is 0 Å². The Balaban J connectivity index is 1.57. The zero-order valence-electron chi connectivity index (χ0n) is 52.7. The van der Waals surface area contributed by atoms with E-state index in [1.807, 2.05) is 0 Å². The van der Waals surface area contributed by atoms with Gasteiger partial charge in [-0.15, -0.1) is 0 Å². The molecule has 10 amide bonds. The molecule has 4 rings (SSSR count). The molecule has 12 atom stereocenters. The monoisotopic (exact) mass is 1370 g/mol. The molecular formula is C57H100N12O26. The molecule has 544 valence electrons. The summed E-state index contributed by atoms with van der Waals surface area (Å²) in [6.45, 7) is -0.942. The fraction of sp³-hybridized carbons (Fsp3) is 0.825. The second-order valence-corrected chi connectivity index (χ2v) is 25.5. The average molecular weight is 1370 g/mol. The summed E-state index contributed by atoms with van der Waals surface area (Å²) in [7, 11) is 0. The third-order valence-electron chi connectivity index (χ3n) is 17.5. The van der Waals surface area contributed by atoms with Gasteiger partial charge in [0.2, 0.25) is 35.4 Å². The SMILES string of the molecule is NNCC(=O)NCCCC[C@H](NC(=O)[C@H](CCCCNC(=O)[C@H](CCCCNC(=O)C1(O)C[C@@H](O)C(O)[C@H](O)C1)NC(=O)C1(O)C[C@@H](O)C(O)[C@H](O)C1)NC(=O)[C@H](CCCCNC(=O)C1(O)C[C@@H](O)C(O)[C@H](O)C1)NC(=O)C1(O)C[C@@H](O)C(O)[C@H](O)C1)C(=O)NCCC(N)=O. The number of hydrazine groups is 1. The number of carbonyl (C=O) groups is 10. The van der Waals surface area contributed by atoms with E-state index in [0.29, 0.717) is 0 Å². The minimum absolute atomic E-state index is 0.00398. The first-order valence-corrected chi connectivity index (χ1v) is 31.9. The maximum absolute atomic E-state index is 14.6. The van der Waals surface area contributed by atoms with Gasteiger partial charge >= 0.3 is 0 Å². The van der Waals surface area contributed by atoms with Crippen molar-refractivity contribution in [2.24, 2.45) is 11.6 Å². The van der Waals surface area contributed by atoms with Gasteiger partial charge in [-0.3, -0.25) is 59.2 Å². The molecule has 4 fully saturated rings. The Kier molecular flexibility index (Phi) is 32.3. The lowest BCUT2D eigenvalue weighted by Crippen LogP contribution is -2.62. The quantitative estimate of drug-likeness (QED) is 0.0156. The summed E-state index contributed by atoms with van der Waals surface area (Å²) in [4.78, 5) is 134. The number of unbranched alkanes of at least 4 members (excludes halogenated alkanes) is 4. The largest absolute Gasteiger partial charge is 0.390 e. The fourth-order valence-electron chi connectivity index (χ4n) is 11.8. The van der Waals surface area contributed by atoms with Crippen LogP contribution >= 0.6 is 0 Å². The van der Waals surface area contributed by atoms with E-state index in [9.17, 15) is 130 Å². The molecule has 38 nitrogen and oxygen atoms in total. The lowest BCUT2D eigenvalue weighted by atomic mass is 9.79. The molecule has 4 saturated carbocycles. The van der Waals surface area contributed by atoms with Gasteiger partial charge in [0.15, 0.2) is 0 Å². The van der Waals surface area contributed by atoms with E-state index in [1.54, 1.807) is 0 Å². The van der Waals surface area contributed by atoms with E-state index in [2.05, 4.69) is 53.3 Å². The second-order valence-electron chi connectivity index (χ2n) is 25.5. The summed E-state index contributed by atoms with van der Waals surface area (Å²) in [5.41, 5.74) is -2.15. The van der Waals surface area contributed by atoms with Crippen molar-refractivity contribution >= 4 is 59.1 Å². The van der Waals surface area contributed by atoms with Gasteiger partial charge in [0.25, 0.3) is 23.6 Å². The van der Waals surface area contributed by atoms with Gasteiger partial charge in [0.05, 0.1) is 55.4 Å². The minimum atomic E-state index is -2.59. The smallest absolute Gasteiger partial charge is 0.252 e. The van der Waals surface area contributed by atoms with Crippen molar-refractivity contribution in [3.8, 4) is 0 Å². The van der Waals surface area contributed by atoms with Crippen LogP contribution in [0, 0.1) is 0 Å². The fourth-order valence-corrected chi connectivity index (χ4v) is 11.8. The molecule has 0 unspecified atom stereocenters. The van der Waals surface area contributed by atoms with Crippen LogP contribution in [0.5, 0.6) is 0 Å². The maximum Gasteiger partial charge on any atom is 0.252 e. The first-order valence-electron chi connectivity index (χ1n) is 31.9. The van der Waals surface area contributed by atoms with Crippen LogP contribution in [-0.2, 0) is 47.9 Å². The molecule has 38 heteroatoms. The molecule has 95 heavy (non-hydrogen) atoms. The predicted octanol–water partition coefficient (Wildman–Crippen LogP) is -13.0. The zero-order valence-corrected chi connectivity index (χ0v) is 52.7. The molecule has 0 saturated heterocycles. The molecule has 0 spiro atoms. The Bertz CT molecular complexity index is 2530. The highest BCUT2D eigenvalue weighted by molar-refractivity contribution is 5.96. The van der Waals surface area contributed by atoms with Crippen LogP contribution < -0.4 is 64.9 Å². The highest BCUT2D eigenvalue weighted by Crippen LogP contribution is 2.33. The molecular weight excluding hydrogens is 1270 g/mol. The summed E-state index contributed by atoms with van der Waals surface area (Å²) in [6.07, 6.45) is -26.7. The molecule has 30 N–H and O–H groups in total. The third-order valence-corrected chi connectivity index (χ3v) is 17.5. The first-order chi connectivity index (χ1) is 44.5. The third kappa shape index (κ3) is 24.5. The van der Waals surface area contributed by atoms with Gasteiger partial charge in [-0.2, -0.15) is 0 Å². The van der Waals surface area contributed by atoms with Gasteiger partial charge < -0.3 is 135 Å². The lowest BCUT2D eigenvalue weighted by Gasteiger charge is -2.39. The first kappa shape index (κ1) is 81.4. The molecule has 0 radical (unpaired) electrons. The van der Waals surface area contributed by atoms with Gasteiger partial charge in [0.1, 0.15) is 71.0 Å². The number of carbonyl (C=O) groups excluding carboxylic acids is 10. The molecule has 0 aromatic carbocycles. The number of nitrogens with two attached hydrogens (primary N) is 2. The van der Waals surface area contributed by atoms with Crippen molar-refractivity contribution in [1.29, 1.82) is 0 Å². The second kappa shape index (κ2) is 37.6. The number of aliphatic hydroxyl groups excluding tert-OH is 12. The number of hydrogen-bond donors (Lipinski definition) is 28. The Hall–Kier alpha value is -6.02. The minimum Gasteiger partial charge on any atom is -0.390 e. The molecule has 0 aromatic heterocycles. The Morgan fingerprint density at radius 3 is 0.895 bits per heavy atom. The van der Waals surface area contributed by atoms with Crippen molar-refractivity contribution < 1.29 is 130 Å². The van der Waals surface area contributed by atoms with Crippen LogP contribution in [0.1, 0.15) is 135 Å². The summed E-state index contributed by atoms with van der Waals surface area (Å²) >= 11 is 0. The molecule has 0 bridgehead atoms. The van der Waals surface area contributed by atoms with Gasteiger partial charge in [0, 0.05) is 90.5 Å². The summed E-state index contributed by atoms with van der Waals surface area (Å²) < 4.78 is 0. The summed E-state index contributed by atoms with van der Waals surface area (Å²) in [5.74, 6) is -4.30. The Morgan fingerprint density at radius 2 is 0.589 bits per heavy atom. The van der Waals surface area contributed by atoms with E-state index >= 15 is 0 Å². The Morgan fingerprint density at radius 1 is 0.337 bits per heavy atom. The van der Waals surface area contributed by atoms with E-state index in [1.165, 1.54) is 0 Å². The van der Waals surface area contributed by atoms with Crippen molar-refractivity contribution in [3.05, 3.63) is 0 Å². The molecule has 0 aliphatic heterocycles. The van der Waals surface area contributed by atoms with Crippen molar-refractivity contribution in [1.82, 2.24) is 53.3 Å². The van der Waals surface area contributed by atoms with Crippen molar-refractivity contribution in [2.75, 3.05) is 39.3 Å². The number of aliphatic hydroxyl groups is 16. The zero-order chi connectivity index (χ0) is 71.2. The lowest BCUT2D eigenvalue weighted by molar-refractivity contribution is -0.173. The molecule has 4 aliphatic carbocycles.